The Balaban J connectivity index is 1.85. The molecule has 0 amide bonds. The van der Waals surface area contributed by atoms with Crippen LogP contribution in [0.15, 0.2) is 18.2 Å². The molecule has 0 bridgehead atoms. The molecule has 18 heavy (non-hydrogen) atoms. The fourth-order valence-corrected chi connectivity index (χ4v) is 3.88. The quantitative estimate of drug-likeness (QED) is 0.751. The van der Waals surface area contributed by atoms with Gasteiger partial charge in [0, 0.05) is 50.5 Å². The predicted octanol–water partition coefficient (Wildman–Crippen LogP) is 1.66. The second-order valence-electron chi connectivity index (χ2n) is 5.80. The molecule has 1 spiro atoms. The van der Waals surface area contributed by atoms with Crippen LogP contribution in [-0.2, 0) is 16.7 Å². The van der Waals surface area contributed by atoms with E-state index in [0.29, 0.717) is 5.41 Å². The van der Waals surface area contributed by atoms with E-state index >= 15 is 0 Å². The van der Waals surface area contributed by atoms with E-state index in [0.717, 1.165) is 32.8 Å². The van der Waals surface area contributed by atoms with Gasteiger partial charge in [-0.15, -0.1) is 0 Å². The van der Waals surface area contributed by atoms with Crippen LogP contribution in [0, 0.1) is 0 Å². The monoisotopic (exact) mass is 244 g/mol. The standard InChI is InChI=1S/C15H20N2O/c1-2-12-10-16-6-7-17-11-15(4-8-18-9-5-15)13(3-1)14(12)17/h1-3,16H,4-11H2. The van der Waals surface area contributed by atoms with Gasteiger partial charge in [-0.3, -0.25) is 0 Å². The molecular formula is C15H20N2O. The molecule has 3 aliphatic heterocycles. The number of fused-ring (bicyclic) bond motifs is 1. The lowest BCUT2D eigenvalue weighted by atomic mass is 9.75. The van der Waals surface area contributed by atoms with Gasteiger partial charge in [0.25, 0.3) is 0 Å². The van der Waals surface area contributed by atoms with Crippen LogP contribution in [0.4, 0.5) is 5.69 Å². The lowest BCUT2D eigenvalue weighted by Gasteiger charge is -2.34. The zero-order valence-electron chi connectivity index (χ0n) is 10.7. The highest BCUT2D eigenvalue weighted by Crippen LogP contribution is 2.48. The van der Waals surface area contributed by atoms with E-state index in [1.165, 1.54) is 30.6 Å². The Hall–Kier alpha value is -1.06. The number of hydrogen-bond acceptors (Lipinski definition) is 3. The molecule has 3 nitrogen and oxygen atoms in total. The first-order valence-corrected chi connectivity index (χ1v) is 7.05. The molecule has 3 aliphatic rings. The smallest absolute Gasteiger partial charge is 0.0475 e. The second kappa shape index (κ2) is 3.97. The Morgan fingerprint density at radius 2 is 2.11 bits per heavy atom. The summed E-state index contributed by atoms with van der Waals surface area (Å²) < 4.78 is 5.58. The van der Waals surface area contributed by atoms with Gasteiger partial charge in [0.05, 0.1) is 0 Å². The third-order valence-electron chi connectivity index (χ3n) is 4.82. The Morgan fingerprint density at radius 1 is 1.22 bits per heavy atom. The topological polar surface area (TPSA) is 24.5 Å². The minimum Gasteiger partial charge on any atom is -0.381 e. The Bertz CT molecular complexity index is 466. The minimum atomic E-state index is 0.376. The van der Waals surface area contributed by atoms with Gasteiger partial charge in [-0.2, -0.15) is 0 Å². The summed E-state index contributed by atoms with van der Waals surface area (Å²) in [5.74, 6) is 0. The SMILES string of the molecule is c1cc2c3c(c1)C1(CCOCC1)CN3CCNC2. The molecule has 4 rings (SSSR count). The molecule has 1 N–H and O–H groups in total. The van der Waals surface area contributed by atoms with Gasteiger partial charge in [0.1, 0.15) is 0 Å². The number of rotatable bonds is 0. The molecule has 1 fully saturated rings. The van der Waals surface area contributed by atoms with E-state index in [2.05, 4.69) is 28.4 Å². The van der Waals surface area contributed by atoms with Crippen molar-refractivity contribution < 1.29 is 4.74 Å². The molecule has 1 aromatic carbocycles. The van der Waals surface area contributed by atoms with Gasteiger partial charge in [-0.1, -0.05) is 18.2 Å². The molecule has 0 unspecified atom stereocenters. The van der Waals surface area contributed by atoms with Crippen molar-refractivity contribution in [2.75, 3.05) is 37.7 Å². The summed E-state index contributed by atoms with van der Waals surface area (Å²) in [6.45, 7) is 6.31. The zero-order valence-corrected chi connectivity index (χ0v) is 10.7. The van der Waals surface area contributed by atoms with Crippen molar-refractivity contribution in [3.05, 3.63) is 29.3 Å². The first kappa shape index (κ1) is 10.8. The maximum Gasteiger partial charge on any atom is 0.0475 e. The molecule has 1 saturated heterocycles. The maximum absolute atomic E-state index is 5.58. The van der Waals surface area contributed by atoms with Crippen molar-refractivity contribution in [1.29, 1.82) is 0 Å². The van der Waals surface area contributed by atoms with Gasteiger partial charge >= 0.3 is 0 Å². The number of nitrogens with zero attached hydrogens (tertiary/aromatic N) is 1. The normalized spacial score (nSPS) is 25.0. The molecule has 0 saturated carbocycles. The van der Waals surface area contributed by atoms with Crippen LogP contribution in [0.3, 0.4) is 0 Å². The molecule has 96 valence electrons. The van der Waals surface area contributed by atoms with Crippen molar-refractivity contribution in [3.63, 3.8) is 0 Å². The van der Waals surface area contributed by atoms with E-state index < -0.39 is 0 Å². The van der Waals surface area contributed by atoms with Gasteiger partial charge < -0.3 is 15.0 Å². The van der Waals surface area contributed by atoms with Crippen LogP contribution < -0.4 is 10.2 Å². The third-order valence-corrected chi connectivity index (χ3v) is 4.82. The summed E-state index contributed by atoms with van der Waals surface area (Å²) in [7, 11) is 0. The molecule has 0 radical (unpaired) electrons. The highest BCUT2D eigenvalue weighted by Gasteiger charge is 2.44. The van der Waals surface area contributed by atoms with Crippen LogP contribution in [0.5, 0.6) is 0 Å². The Kier molecular flexibility index (Phi) is 2.39. The number of ether oxygens (including phenoxy) is 1. The van der Waals surface area contributed by atoms with Crippen molar-refractivity contribution >= 4 is 5.69 Å². The number of para-hydroxylation sites is 1. The van der Waals surface area contributed by atoms with E-state index in [9.17, 15) is 0 Å². The number of benzene rings is 1. The van der Waals surface area contributed by atoms with Crippen LogP contribution in [-0.4, -0.2) is 32.8 Å². The van der Waals surface area contributed by atoms with E-state index in [4.69, 9.17) is 4.74 Å². The number of nitrogens with one attached hydrogen (secondary N) is 1. The number of hydrogen-bond donors (Lipinski definition) is 1. The molecule has 3 heteroatoms. The van der Waals surface area contributed by atoms with E-state index in [1.807, 2.05) is 0 Å². The van der Waals surface area contributed by atoms with Crippen LogP contribution >= 0.6 is 0 Å². The average molecular weight is 244 g/mol. The van der Waals surface area contributed by atoms with Crippen molar-refractivity contribution in [1.82, 2.24) is 5.32 Å². The van der Waals surface area contributed by atoms with Crippen molar-refractivity contribution in [2.24, 2.45) is 0 Å². The first-order valence-electron chi connectivity index (χ1n) is 7.05. The lowest BCUT2D eigenvalue weighted by molar-refractivity contribution is 0.0553. The highest BCUT2D eigenvalue weighted by molar-refractivity contribution is 5.68. The van der Waals surface area contributed by atoms with Crippen LogP contribution in [0.2, 0.25) is 0 Å². The fraction of sp³-hybridized carbons (Fsp3) is 0.600. The highest BCUT2D eigenvalue weighted by atomic mass is 16.5. The van der Waals surface area contributed by atoms with Gasteiger partial charge in [-0.25, -0.2) is 0 Å². The molecule has 0 atom stereocenters. The largest absolute Gasteiger partial charge is 0.381 e. The van der Waals surface area contributed by atoms with Gasteiger partial charge in [0.2, 0.25) is 0 Å². The lowest BCUT2D eigenvalue weighted by Crippen LogP contribution is -2.40. The average Bonchev–Trinajstić information content (AvgIpc) is 2.58. The molecule has 0 aliphatic carbocycles. The predicted molar refractivity (Wildman–Crippen MR) is 72.1 cm³/mol. The fourth-order valence-electron chi connectivity index (χ4n) is 3.88. The number of anilines is 1. The van der Waals surface area contributed by atoms with Crippen LogP contribution in [0.1, 0.15) is 24.0 Å². The molecule has 0 aromatic heterocycles. The summed E-state index contributed by atoms with van der Waals surface area (Å²) in [4.78, 5) is 2.61. The molecule has 3 heterocycles. The summed E-state index contributed by atoms with van der Waals surface area (Å²) in [6, 6.07) is 6.87. The second-order valence-corrected chi connectivity index (χ2v) is 5.80. The Labute approximate surface area is 108 Å². The zero-order chi connectivity index (χ0) is 12.0. The summed E-state index contributed by atoms with van der Waals surface area (Å²) >= 11 is 0. The van der Waals surface area contributed by atoms with E-state index in [-0.39, 0.29) is 0 Å². The Morgan fingerprint density at radius 3 is 3.00 bits per heavy atom. The van der Waals surface area contributed by atoms with Gasteiger partial charge in [-0.05, 0) is 24.0 Å². The summed E-state index contributed by atoms with van der Waals surface area (Å²) in [5, 5.41) is 3.52. The first-order chi connectivity index (χ1) is 8.89. The van der Waals surface area contributed by atoms with Crippen molar-refractivity contribution in [3.8, 4) is 0 Å². The van der Waals surface area contributed by atoms with Crippen molar-refractivity contribution in [2.45, 2.75) is 24.8 Å². The van der Waals surface area contributed by atoms with Crippen LogP contribution in [0.25, 0.3) is 0 Å². The maximum atomic E-state index is 5.58. The molecular weight excluding hydrogens is 224 g/mol. The third kappa shape index (κ3) is 1.44. The van der Waals surface area contributed by atoms with E-state index in [1.54, 1.807) is 5.56 Å². The summed E-state index contributed by atoms with van der Waals surface area (Å²) in [6.07, 6.45) is 2.38. The minimum absolute atomic E-state index is 0.376. The molecule has 1 aromatic rings. The van der Waals surface area contributed by atoms with Gasteiger partial charge in [0.15, 0.2) is 0 Å². The summed E-state index contributed by atoms with van der Waals surface area (Å²) in [5.41, 5.74) is 4.98.